The average molecular weight is 225 g/mol. The molecule has 0 aliphatic heterocycles. The van der Waals surface area contributed by atoms with Crippen molar-refractivity contribution in [3.8, 4) is 0 Å². The van der Waals surface area contributed by atoms with Crippen molar-refractivity contribution in [2.75, 3.05) is 12.8 Å². The van der Waals surface area contributed by atoms with Crippen LogP contribution < -0.4 is 10.5 Å². The molecule has 5 nitrogen and oxygen atoms in total. The lowest BCUT2D eigenvalue weighted by atomic mass is 10.2. The fourth-order valence-corrected chi connectivity index (χ4v) is 2.34. The highest BCUT2D eigenvalue weighted by Gasteiger charge is 2.16. The van der Waals surface area contributed by atoms with Crippen LogP contribution in [0.15, 0.2) is 29.3 Å². The molecule has 2 aromatic rings. The molecular weight excluding hydrogens is 214 g/mol. The molecule has 0 saturated heterocycles. The standard InChI is InChI=1S/C9H11N3O2S/c1-11-15(13,14)9-5-12-8-3-2-6(10)4-7(8)9/h2-5,11-12H,10H2,1H3. The number of H-pyrrole nitrogens is 1. The first-order chi connectivity index (χ1) is 7.04. The van der Waals surface area contributed by atoms with Crippen LogP contribution in [0.2, 0.25) is 0 Å². The van der Waals surface area contributed by atoms with Gasteiger partial charge in [0.15, 0.2) is 0 Å². The Morgan fingerprint density at radius 2 is 2.13 bits per heavy atom. The van der Waals surface area contributed by atoms with Crippen molar-refractivity contribution in [1.29, 1.82) is 0 Å². The number of nitrogens with two attached hydrogens (primary N) is 1. The highest BCUT2D eigenvalue weighted by molar-refractivity contribution is 7.89. The first-order valence-electron chi connectivity index (χ1n) is 4.35. The summed E-state index contributed by atoms with van der Waals surface area (Å²) in [4.78, 5) is 3.10. The Hall–Kier alpha value is -1.53. The first kappa shape index (κ1) is 10.0. The van der Waals surface area contributed by atoms with Crippen LogP contribution in [-0.4, -0.2) is 20.4 Å². The van der Waals surface area contributed by atoms with Crippen molar-refractivity contribution in [3.63, 3.8) is 0 Å². The highest BCUT2D eigenvalue weighted by atomic mass is 32.2. The van der Waals surface area contributed by atoms with Crippen molar-refractivity contribution >= 4 is 26.6 Å². The molecule has 0 bridgehead atoms. The van der Waals surface area contributed by atoms with Gasteiger partial charge in [0.05, 0.1) is 0 Å². The number of nitrogens with one attached hydrogen (secondary N) is 2. The molecule has 0 unspecified atom stereocenters. The van der Waals surface area contributed by atoms with Crippen molar-refractivity contribution in [2.24, 2.45) is 0 Å². The molecule has 0 radical (unpaired) electrons. The fraction of sp³-hybridized carbons (Fsp3) is 0.111. The molecule has 0 aliphatic carbocycles. The lowest BCUT2D eigenvalue weighted by molar-refractivity contribution is 0.589. The molecule has 6 heteroatoms. The summed E-state index contributed by atoms with van der Waals surface area (Å²) in [6.45, 7) is 0. The average Bonchev–Trinajstić information content (AvgIpc) is 2.61. The zero-order valence-electron chi connectivity index (χ0n) is 8.11. The van der Waals surface area contributed by atoms with Crippen LogP contribution >= 0.6 is 0 Å². The number of rotatable bonds is 2. The second kappa shape index (κ2) is 3.25. The second-order valence-corrected chi connectivity index (χ2v) is 5.02. The minimum Gasteiger partial charge on any atom is -0.399 e. The summed E-state index contributed by atoms with van der Waals surface area (Å²) in [5.41, 5.74) is 6.89. The number of sulfonamides is 1. The van der Waals surface area contributed by atoms with Gasteiger partial charge in [0, 0.05) is 22.8 Å². The monoisotopic (exact) mass is 225 g/mol. The Labute approximate surface area is 87.3 Å². The van der Waals surface area contributed by atoms with Gasteiger partial charge in [-0.25, -0.2) is 13.1 Å². The Balaban J connectivity index is 2.78. The largest absolute Gasteiger partial charge is 0.399 e. The third kappa shape index (κ3) is 1.57. The van der Waals surface area contributed by atoms with Gasteiger partial charge >= 0.3 is 0 Å². The van der Waals surface area contributed by atoms with Crippen molar-refractivity contribution < 1.29 is 8.42 Å². The van der Waals surface area contributed by atoms with Gasteiger partial charge in [0.1, 0.15) is 4.90 Å². The van der Waals surface area contributed by atoms with Gasteiger partial charge in [0.25, 0.3) is 0 Å². The fourth-order valence-electron chi connectivity index (χ4n) is 1.44. The Morgan fingerprint density at radius 1 is 1.40 bits per heavy atom. The molecule has 1 aromatic carbocycles. The Kier molecular flexibility index (Phi) is 2.17. The summed E-state index contributed by atoms with van der Waals surface area (Å²) in [6.07, 6.45) is 1.45. The predicted molar refractivity (Wildman–Crippen MR) is 59.0 cm³/mol. The van der Waals surface area contributed by atoms with E-state index >= 15 is 0 Å². The lowest BCUT2D eigenvalue weighted by Gasteiger charge is -2.00. The summed E-state index contributed by atoms with van der Waals surface area (Å²) in [7, 11) is -2.06. The molecule has 4 N–H and O–H groups in total. The number of fused-ring (bicyclic) bond motifs is 1. The van der Waals surface area contributed by atoms with Crippen molar-refractivity contribution in [2.45, 2.75) is 4.90 Å². The molecule has 15 heavy (non-hydrogen) atoms. The molecule has 0 atom stereocenters. The second-order valence-electron chi connectivity index (χ2n) is 3.17. The van der Waals surface area contributed by atoms with Gasteiger partial charge in [-0.1, -0.05) is 0 Å². The van der Waals surface area contributed by atoms with E-state index < -0.39 is 10.0 Å². The van der Waals surface area contributed by atoms with Gasteiger partial charge in [-0.3, -0.25) is 0 Å². The summed E-state index contributed by atoms with van der Waals surface area (Å²) >= 11 is 0. The summed E-state index contributed by atoms with van der Waals surface area (Å²) in [6, 6.07) is 5.10. The lowest BCUT2D eigenvalue weighted by Crippen LogP contribution is -2.18. The Bertz CT molecular complexity index is 601. The van der Waals surface area contributed by atoms with Crippen LogP contribution in [0, 0.1) is 0 Å². The first-order valence-corrected chi connectivity index (χ1v) is 5.83. The van der Waals surface area contributed by atoms with E-state index in [-0.39, 0.29) is 4.90 Å². The number of nitrogen functional groups attached to an aromatic ring is 1. The molecule has 0 saturated carbocycles. The van der Waals surface area contributed by atoms with E-state index in [1.54, 1.807) is 18.2 Å². The topological polar surface area (TPSA) is 88.0 Å². The third-order valence-electron chi connectivity index (χ3n) is 2.23. The van der Waals surface area contributed by atoms with Crippen LogP contribution in [0.5, 0.6) is 0 Å². The number of benzene rings is 1. The molecule has 2 rings (SSSR count). The smallest absolute Gasteiger partial charge is 0.242 e. The number of anilines is 1. The molecule has 0 spiro atoms. The maximum absolute atomic E-state index is 11.6. The summed E-state index contributed by atoms with van der Waals surface area (Å²) in [5.74, 6) is 0. The van der Waals surface area contributed by atoms with E-state index in [1.165, 1.54) is 13.2 Å². The molecular formula is C9H11N3O2S. The quantitative estimate of drug-likeness (QED) is 0.656. The van der Waals surface area contributed by atoms with Gasteiger partial charge in [-0.2, -0.15) is 0 Å². The van der Waals surface area contributed by atoms with Gasteiger partial charge in [-0.05, 0) is 25.2 Å². The Morgan fingerprint density at radius 3 is 2.80 bits per heavy atom. The maximum Gasteiger partial charge on any atom is 0.242 e. The van der Waals surface area contributed by atoms with Crippen LogP contribution in [0.1, 0.15) is 0 Å². The van der Waals surface area contributed by atoms with Gasteiger partial charge in [-0.15, -0.1) is 0 Å². The molecule has 1 aromatic heterocycles. The minimum atomic E-state index is -3.44. The van der Waals surface area contributed by atoms with E-state index in [0.717, 1.165) is 5.52 Å². The van der Waals surface area contributed by atoms with Crippen molar-refractivity contribution in [1.82, 2.24) is 9.71 Å². The van der Waals surface area contributed by atoms with Gasteiger partial charge in [0.2, 0.25) is 10.0 Å². The summed E-state index contributed by atoms with van der Waals surface area (Å²) < 4.78 is 25.5. The van der Waals surface area contributed by atoms with E-state index in [1.807, 2.05) is 0 Å². The van der Waals surface area contributed by atoms with Crippen LogP contribution in [-0.2, 0) is 10.0 Å². The van der Waals surface area contributed by atoms with Crippen molar-refractivity contribution in [3.05, 3.63) is 24.4 Å². The molecule has 80 valence electrons. The van der Waals surface area contributed by atoms with E-state index in [9.17, 15) is 8.42 Å². The zero-order chi connectivity index (χ0) is 11.1. The summed E-state index contributed by atoms with van der Waals surface area (Å²) in [5, 5.41) is 0.601. The van der Waals surface area contributed by atoms with Gasteiger partial charge < -0.3 is 10.7 Å². The SMILES string of the molecule is CNS(=O)(=O)c1c[nH]c2ccc(N)cc12. The highest BCUT2D eigenvalue weighted by Crippen LogP contribution is 2.24. The number of hydrogen-bond donors (Lipinski definition) is 3. The number of aromatic nitrogens is 1. The maximum atomic E-state index is 11.6. The normalized spacial score (nSPS) is 12.1. The van der Waals surface area contributed by atoms with Crippen LogP contribution in [0.4, 0.5) is 5.69 Å². The minimum absolute atomic E-state index is 0.215. The van der Waals surface area contributed by atoms with E-state index in [0.29, 0.717) is 11.1 Å². The van der Waals surface area contributed by atoms with Crippen LogP contribution in [0.25, 0.3) is 10.9 Å². The number of aromatic amines is 1. The molecule has 0 aliphatic rings. The third-order valence-corrected chi connectivity index (χ3v) is 3.68. The molecule has 0 fully saturated rings. The number of hydrogen-bond acceptors (Lipinski definition) is 3. The van der Waals surface area contributed by atoms with E-state index in [4.69, 9.17) is 5.73 Å². The predicted octanol–water partition coefficient (Wildman–Crippen LogP) is 0.658. The van der Waals surface area contributed by atoms with E-state index in [2.05, 4.69) is 9.71 Å². The molecule has 1 heterocycles. The van der Waals surface area contributed by atoms with Crippen LogP contribution in [0.3, 0.4) is 0 Å². The zero-order valence-corrected chi connectivity index (χ0v) is 8.93. The molecule has 0 amide bonds.